The predicted molar refractivity (Wildman–Crippen MR) is 52.3 cm³/mol. The summed E-state index contributed by atoms with van der Waals surface area (Å²) in [4.78, 5) is 0. The van der Waals surface area contributed by atoms with E-state index in [-0.39, 0.29) is 12.4 Å². The van der Waals surface area contributed by atoms with Gasteiger partial charge in [-0.1, -0.05) is 20.3 Å². The molecule has 11 heavy (non-hydrogen) atoms. The van der Waals surface area contributed by atoms with Gasteiger partial charge >= 0.3 is 0 Å². The van der Waals surface area contributed by atoms with Crippen molar-refractivity contribution in [1.82, 2.24) is 5.32 Å². The van der Waals surface area contributed by atoms with Gasteiger partial charge in [0.25, 0.3) is 0 Å². The van der Waals surface area contributed by atoms with Crippen LogP contribution < -0.4 is 5.32 Å². The summed E-state index contributed by atoms with van der Waals surface area (Å²) in [5.41, 5.74) is 0. The fraction of sp³-hybridized carbons (Fsp3) is 1.00. The number of rotatable bonds is 2. The Morgan fingerprint density at radius 2 is 2.18 bits per heavy atom. The Hall–Kier alpha value is 0.250. The zero-order valence-corrected chi connectivity index (χ0v) is 8.41. The van der Waals surface area contributed by atoms with Crippen LogP contribution in [0.2, 0.25) is 0 Å². The summed E-state index contributed by atoms with van der Waals surface area (Å²) < 4.78 is 0. The Bertz CT molecular complexity index is 93.6. The van der Waals surface area contributed by atoms with Crippen molar-refractivity contribution in [3.8, 4) is 0 Å². The van der Waals surface area contributed by atoms with Gasteiger partial charge in [-0.05, 0) is 31.7 Å². The van der Waals surface area contributed by atoms with Crippen LogP contribution >= 0.6 is 12.4 Å². The third-order valence-corrected chi connectivity index (χ3v) is 2.53. The topological polar surface area (TPSA) is 12.0 Å². The molecule has 2 heteroatoms. The van der Waals surface area contributed by atoms with Crippen LogP contribution in [0.15, 0.2) is 0 Å². The van der Waals surface area contributed by atoms with E-state index in [2.05, 4.69) is 19.2 Å². The molecule has 1 aliphatic rings. The summed E-state index contributed by atoms with van der Waals surface area (Å²) in [5.74, 6) is 0.911. The second-order valence-electron chi connectivity index (χ2n) is 3.47. The smallest absolute Gasteiger partial charge is 0.00925 e. The molecule has 0 amide bonds. The average molecular weight is 178 g/mol. The van der Waals surface area contributed by atoms with E-state index in [0.717, 1.165) is 12.0 Å². The van der Waals surface area contributed by atoms with Crippen LogP contribution in [0.25, 0.3) is 0 Å². The molecule has 68 valence electrons. The van der Waals surface area contributed by atoms with Crippen LogP contribution in [0.3, 0.4) is 0 Å². The summed E-state index contributed by atoms with van der Waals surface area (Å²) >= 11 is 0. The molecule has 1 N–H and O–H groups in total. The second kappa shape index (κ2) is 5.84. The van der Waals surface area contributed by atoms with E-state index in [1.54, 1.807) is 0 Å². The third-order valence-electron chi connectivity index (χ3n) is 2.53. The van der Waals surface area contributed by atoms with E-state index in [1.807, 2.05) is 0 Å². The molecule has 1 fully saturated rings. The van der Waals surface area contributed by atoms with Gasteiger partial charge in [0, 0.05) is 6.04 Å². The maximum Gasteiger partial charge on any atom is 0.00925 e. The maximum absolute atomic E-state index is 3.57. The quantitative estimate of drug-likeness (QED) is 0.684. The fourth-order valence-electron chi connectivity index (χ4n) is 1.81. The van der Waals surface area contributed by atoms with Gasteiger partial charge in [-0.2, -0.15) is 0 Å². The largest absolute Gasteiger partial charge is 0.314 e. The van der Waals surface area contributed by atoms with E-state index in [1.165, 1.54) is 32.2 Å². The molecule has 0 radical (unpaired) electrons. The van der Waals surface area contributed by atoms with E-state index >= 15 is 0 Å². The highest BCUT2D eigenvalue weighted by atomic mass is 35.5. The highest BCUT2D eigenvalue weighted by molar-refractivity contribution is 5.85. The Morgan fingerprint density at radius 1 is 1.45 bits per heavy atom. The van der Waals surface area contributed by atoms with Crippen molar-refractivity contribution in [2.45, 2.75) is 45.6 Å². The lowest BCUT2D eigenvalue weighted by Gasteiger charge is -2.29. The highest BCUT2D eigenvalue weighted by Gasteiger charge is 2.18. The second-order valence-corrected chi connectivity index (χ2v) is 3.47. The van der Waals surface area contributed by atoms with E-state index in [0.29, 0.717) is 0 Å². The predicted octanol–water partition coefficient (Wildman–Crippen LogP) is 2.60. The summed E-state index contributed by atoms with van der Waals surface area (Å²) in [5, 5.41) is 3.57. The van der Waals surface area contributed by atoms with Crippen molar-refractivity contribution in [2.75, 3.05) is 6.54 Å². The molecule has 1 nitrogen and oxygen atoms in total. The number of nitrogens with one attached hydrogen (secondary N) is 1. The highest BCUT2D eigenvalue weighted by Crippen LogP contribution is 2.18. The van der Waals surface area contributed by atoms with E-state index in [9.17, 15) is 0 Å². The summed E-state index contributed by atoms with van der Waals surface area (Å²) in [6.07, 6.45) is 5.49. The molecule has 0 bridgehead atoms. The first kappa shape index (κ1) is 11.2. The molecule has 1 saturated heterocycles. The van der Waals surface area contributed by atoms with Gasteiger partial charge in [0.15, 0.2) is 0 Å². The van der Waals surface area contributed by atoms with Gasteiger partial charge in [0.05, 0.1) is 0 Å². The van der Waals surface area contributed by atoms with Crippen molar-refractivity contribution >= 4 is 12.4 Å². The van der Waals surface area contributed by atoms with Gasteiger partial charge in [-0.25, -0.2) is 0 Å². The number of halogens is 1. The SMILES string of the molecule is CCCC1NCCCC1C.Cl. The average Bonchev–Trinajstić information content (AvgIpc) is 1.94. The lowest BCUT2D eigenvalue weighted by Crippen LogP contribution is -2.39. The Morgan fingerprint density at radius 3 is 2.73 bits per heavy atom. The monoisotopic (exact) mass is 177 g/mol. The fourth-order valence-corrected chi connectivity index (χ4v) is 1.81. The number of hydrogen-bond acceptors (Lipinski definition) is 1. The molecule has 0 aliphatic carbocycles. The molecule has 1 heterocycles. The molecule has 0 aromatic heterocycles. The van der Waals surface area contributed by atoms with Gasteiger partial charge in [0.2, 0.25) is 0 Å². The molecule has 0 spiro atoms. The van der Waals surface area contributed by atoms with Crippen LogP contribution in [-0.4, -0.2) is 12.6 Å². The Kier molecular flexibility index (Phi) is 5.98. The summed E-state index contributed by atoms with van der Waals surface area (Å²) in [6.45, 7) is 5.88. The normalized spacial score (nSPS) is 31.1. The number of hydrogen-bond donors (Lipinski definition) is 1. The van der Waals surface area contributed by atoms with Crippen molar-refractivity contribution in [3.63, 3.8) is 0 Å². The Labute approximate surface area is 76.4 Å². The molecular weight excluding hydrogens is 158 g/mol. The molecule has 1 aliphatic heterocycles. The van der Waals surface area contributed by atoms with Gasteiger partial charge in [-0.3, -0.25) is 0 Å². The first-order valence-electron chi connectivity index (χ1n) is 4.58. The minimum Gasteiger partial charge on any atom is -0.314 e. The molecule has 0 aromatic rings. The maximum atomic E-state index is 3.57. The zero-order chi connectivity index (χ0) is 7.40. The summed E-state index contributed by atoms with van der Waals surface area (Å²) in [7, 11) is 0. The van der Waals surface area contributed by atoms with Crippen molar-refractivity contribution in [2.24, 2.45) is 5.92 Å². The van der Waals surface area contributed by atoms with Crippen LogP contribution in [0.4, 0.5) is 0 Å². The third kappa shape index (κ3) is 3.44. The van der Waals surface area contributed by atoms with Crippen molar-refractivity contribution in [3.05, 3.63) is 0 Å². The van der Waals surface area contributed by atoms with Crippen LogP contribution in [-0.2, 0) is 0 Å². The van der Waals surface area contributed by atoms with Crippen molar-refractivity contribution < 1.29 is 0 Å². The lowest BCUT2D eigenvalue weighted by molar-refractivity contribution is 0.285. The van der Waals surface area contributed by atoms with Crippen LogP contribution in [0, 0.1) is 5.92 Å². The molecule has 0 aromatic carbocycles. The van der Waals surface area contributed by atoms with Gasteiger partial charge in [0.1, 0.15) is 0 Å². The van der Waals surface area contributed by atoms with E-state index in [4.69, 9.17) is 0 Å². The molecular formula is C9H20ClN. The van der Waals surface area contributed by atoms with Gasteiger partial charge < -0.3 is 5.32 Å². The Balaban J connectivity index is 0.000001000. The minimum atomic E-state index is 0. The molecule has 2 unspecified atom stereocenters. The molecule has 0 saturated carbocycles. The zero-order valence-electron chi connectivity index (χ0n) is 7.60. The first-order valence-corrected chi connectivity index (χ1v) is 4.58. The standard InChI is InChI=1S/C9H19N.ClH/c1-3-5-9-8(2)6-4-7-10-9;/h8-10H,3-7H2,1-2H3;1H. The number of piperidine rings is 1. The first-order chi connectivity index (χ1) is 4.84. The minimum absolute atomic E-state index is 0. The lowest BCUT2D eigenvalue weighted by atomic mass is 9.90. The molecule has 2 atom stereocenters. The van der Waals surface area contributed by atoms with Crippen molar-refractivity contribution in [1.29, 1.82) is 0 Å². The van der Waals surface area contributed by atoms with Crippen LogP contribution in [0.5, 0.6) is 0 Å². The van der Waals surface area contributed by atoms with Crippen LogP contribution in [0.1, 0.15) is 39.5 Å². The van der Waals surface area contributed by atoms with Gasteiger partial charge in [-0.15, -0.1) is 12.4 Å². The molecule has 1 rings (SSSR count). The summed E-state index contributed by atoms with van der Waals surface area (Å²) in [6, 6.07) is 0.818. The van der Waals surface area contributed by atoms with E-state index < -0.39 is 0 Å².